The topological polar surface area (TPSA) is 132 Å². The standard InChI is InChI=1S/C30H56O7/c1-19(2)13-26(7,8)16-22(23(31)32)30(37,25(35)36)29(24(33)34,17-27(9,10)14-20(3)4)18-28(11,12)15-21(5)6/h19-22,37H,13-18H2,1-12H3,(H,31,32)(H,33,34)(H,35,36). The molecule has 4 N–H and O–H groups in total. The molecular formula is C30H56O7. The molecule has 7 nitrogen and oxygen atoms in total. The molecule has 0 bridgehead atoms. The van der Waals surface area contributed by atoms with Crippen molar-refractivity contribution in [1.82, 2.24) is 0 Å². The van der Waals surface area contributed by atoms with E-state index in [0.717, 1.165) is 0 Å². The predicted molar refractivity (Wildman–Crippen MR) is 147 cm³/mol. The molecule has 7 heteroatoms. The Hall–Kier alpha value is -1.63. The van der Waals surface area contributed by atoms with Crippen molar-refractivity contribution < 1.29 is 34.8 Å². The first-order chi connectivity index (χ1) is 16.3. The monoisotopic (exact) mass is 528 g/mol. The first-order valence-corrected chi connectivity index (χ1v) is 13.8. The summed E-state index contributed by atoms with van der Waals surface area (Å²) in [7, 11) is 0. The lowest BCUT2D eigenvalue weighted by Crippen LogP contribution is -2.66. The van der Waals surface area contributed by atoms with Crippen molar-refractivity contribution in [3.05, 3.63) is 0 Å². The molecule has 0 aliphatic carbocycles. The smallest absolute Gasteiger partial charge is 0.337 e. The molecule has 0 saturated heterocycles. The van der Waals surface area contributed by atoms with E-state index in [1.165, 1.54) is 0 Å². The van der Waals surface area contributed by atoms with E-state index in [4.69, 9.17) is 0 Å². The number of carbonyl (C=O) groups is 3. The van der Waals surface area contributed by atoms with Crippen LogP contribution in [0, 0.1) is 45.3 Å². The summed E-state index contributed by atoms with van der Waals surface area (Å²) in [6.45, 7) is 23.2. The quantitative estimate of drug-likeness (QED) is 0.160. The maximum Gasteiger partial charge on any atom is 0.337 e. The van der Waals surface area contributed by atoms with Crippen molar-refractivity contribution >= 4 is 17.9 Å². The maximum atomic E-state index is 13.4. The second kappa shape index (κ2) is 12.5. The Labute approximate surface area is 225 Å². The Bertz CT molecular complexity index is 768. The van der Waals surface area contributed by atoms with Gasteiger partial charge < -0.3 is 20.4 Å². The third-order valence-corrected chi connectivity index (χ3v) is 7.47. The fourth-order valence-electron chi connectivity index (χ4n) is 7.48. The normalized spacial score (nSPS) is 16.2. The van der Waals surface area contributed by atoms with Crippen molar-refractivity contribution in [2.75, 3.05) is 0 Å². The van der Waals surface area contributed by atoms with Crippen molar-refractivity contribution in [3.8, 4) is 0 Å². The van der Waals surface area contributed by atoms with Crippen LogP contribution in [0.25, 0.3) is 0 Å². The van der Waals surface area contributed by atoms with Crippen LogP contribution in [-0.4, -0.2) is 43.9 Å². The summed E-state index contributed by atoms with van der Waals surface area (Å²) in [5, 5.41) is 44.1. The molecule has 0 radical (unpaired) electrons. The van der Waals surface area contributed by atoms with Crippen molar-refractivity contribution in [2.24, 2.45) is 45.3 Å². The Balaban J connectivity index is 7.43. The molecule has 0 fully saturated rings. The van der Waals surface area contributed by atoms with Gasteiger partial charge in [0.1, 0.15) is 5.41 Å². The van der Waals surface area contributed by atoms with Crippen molar-refractivity contribution in [2.45, 2.75) is 127 Å². The highest BCUT2D eigenvalue weighted by Gasteiger charge is 2.68. The van der Waals surface area contributed by atoms with Crippen molar-refractivity contribution in [3.63, 3.8) is 0 Å². The molecule has 0 aromatic carbocycles. The highest BCUT2D eigenvalue weighted by molar-refractivity contribution is 5.93. The molecule has 0 aromatic heterocycles. The summed E-state index contributed by atoms with van der Waals surface area (Å²) in [4.78, 5) is 39.2. The zero-order valence-corrected chi connectivity index (χ0v) is 25.6. The molecule has 0 rings (SSSR count). The SMILES string of the molecule is CC(C)CC(C)(C)CC(C(=O)O)C(O)(C(=O)O)C(CC(C)(C)CC(C)C)(CC(C)(C)CC(C)C)C(=O)O. The van der Waals surface area contributed by atoms with Gasteiger partial charge in [-0.25, -0.2) is 4.79 Å². The summed E-state index contributed by atoms with van der Waals surface area (Å²) < 4.78 is 0. The van der Waals surface area contributed by atoms with E-state index in [1.54, 1.807) is 0 Å². The number of carboxylic acid groups (broad SMARTS) is 3. The predicted octanol–water partition coefficient (Wildman–Crippen LogP) is 6.96. The molecule has 2 unspecified atom stereocenters. The summed E-state index contributed by atoms with van der Waals surface area (Å²) in [5.41, 5.74) is -7.22. The fourth-order valence-corrected chi connectivity index (χ4v) is 7.48. The highest BCUT2D eigenvalue weighted by Crippen LogP contribution is 2.56. The number of carboxylic acids is 3. The fraction of sp³-hybridized carbons (Fsp3) is 0.900. The van der Waals surface area contributed by atoms with Gasteiger partial charge in [0.05, 0.1) is 5.92 Å². The molecule has 37 heavy (non-hydrogen) atoms. The number of rotatable bonds is 17. The second-order valence-corrected chi connectivity index (χ2v) is 15.2. The molecule has 0 amide bonds. The molecule has 218 valence electrons. The Morgan fingerprint density at radius 2 is 0.892 bits per heavy atom. The van der Waals surface area contributed by atoms with E-state index in [9.17, 15) is 34.8 Å². The van der Waals surface area contributed by atoms with Crippen LogP contribution >= 0.6 is 0 Å². The first-order valence-electron chi connectivity index (χ1n) is 13.8. The number of hydrogen-bond acceptors (Lipinski definition) is 4. The van der Waals surface area contributed by atoms with Crippen LogP contribution < -0.4 is 0 Å². The largest absolute Gasteiger partial charge is 0.481 e. The van der Waals surface area contributed by atoms with Crippen LogP contribution in [0.4, 0.5) is 0 Å². The minimum absolute atomic E-state index is 0.159. The second-order valence-electron chi connectivity index (χ2n) is 15.2. The average molecular weight is 529 g/mol. The van der Waals surface area contributed by atoms with E-state index in [-0.39, 0.29) is 37.0 Å². The van der Waals surface area contributed by atoms with Gasteiger partial charge in [0.2, 0.25) is 0 Å². The van der Waals surface area contributed by atoms with Gasteiger partial charge in [-0.1, -0.05) is 83.1 Å². The van der Waals surface area contributed by atoms with Gasteiger partial charge in [-0.05, 0) is 72.5 Å². The Kier molecular flexibility index (Phi) is 11.9. The summed E-state index contributed by atoms with van der Waals surface area (Å²) in [5.74, 6) is -5.94. The van der Waals surface area contributed by atoms with Crippen LogP contribution in [0.15, 0.2) is 0 Å². The summed E-state index contributed by atoms with van der Waals surface area (Å²) >= 11 is 0. The van der Waals surface area contributed by atoms with E-state index >= 15 is 0 Å². The minimum atomic E-state index is -3.03. The lowest BCUT2D eigenvalue weighted by atomic mass is 9.52. The molecular weight excluding hydrogens is 472 g/mol. The van der Waals surface area contributed by atoms with E-state index in [1.807, 2.05) is 83.1 Å². The van der Waals surface area contributed by atoms with Gasteiger partial charge >= 0.3 is 17.9 Å². The Morgan fingerprint density at radius 1 is 0.568 bits per heavy atom. The van der Waals surface area contributed by atoms with Crippen LogP contribution in [0.3, 0.4) is 0 Å². The molecule has 0 saturated carbocycles. The summed E-state index contributed by atoms with van der Waals surface area (Å²) in [6, 6.07) is 0. The summed E-state index contributed by atoms with van der Waals surface area (Å²) in [6.07, 6.45) is 1.31. The van der Waals surface area contributed by atoms with Crippen LogP contribution in [0.2, 0.25) is 0 Å². The molecule has 0 spiro atoms. The highest BCUT2D eigenvalue weighted by atomic mass is 16.4. The molecule has 2 atom stereocenters. The Morgan fingerprint density at radius 3 is 1.14 bits per heavy atom. The molecule has 0 aliphatic rings. The van der Waals surface area contributed by atoms with Gasteiger partial charge in [0.15, 0.2) is 5.60 Å². The van der Waals surface area contributed by atoms with Gasteiger partial charge in [0, 0.05) is 0 Å². The van der Waals surface area contributed by atoms with E-state index in [0.29, 0.717) is 19.3 Å². The molecule has 0 aliphatic heterocycles. The third kappa shape index (κ3) is 9.56. The molecule has 0 heterocycles. The van der Waals surface area contributed by atoms with Crippen LogP contribution in [-0.2, 0) is 14.4 Å². The van der Waals surface area contributed by atoms with Gasteiger partial charge in [-0.15, -0.1) is 0 Å². The zero-order valence-electron chi connectivity index (χ0n) is 25.6. The van der Waals surface area contributed by atoms with Gasteiger partial charge in [-0.3, -0.25) is 9.59 Å². The third-order valence-electron chi connectivity index (χ3n) is 7.47. The lowest BCUT2D eigenvalue weighted by Gasteiger charge is -2.51. The number of aliphatic carboxylic acids is 3. The van der Waals surface area contributed by atoms with E-state index < -0.39 is 51.1 Å². The van der Waals surface area contributed by atoms with Gasteiger partial charge in [0.25, 0.3) is 0 Å². The number of hydrogen-bond donors (Lipinski definition) is 4. The van der Waals surface area contributed by atoms with Crippen molar-refractivity contribution in [1.29, 1.82) is 0 Å². The van der Waals surface area contributed by atoms with Crippen LogP contribution in [0.5, 0.6) is 0 Å². The minimum Gasteiger partial charge on any atom is -0.481 e. The molecule has 0 aromatic rings. The lowest BCUT2D eigenvalue weighted by molar-refractivity contribution is -0.216. The first kappa shape index (κ1) is 35.4. The van der Waals surface area contributed by atoms with E-state index in [2.05, 4.69) is 0 Å². The zero-order chi connectivity index (χ0) is 29.8. The van der Waals surface area contributed by atoms with Gasteiger partial charge in [-0.2, -0.15) is 0 Å². The average Bonchev–Trinajstić information content (AvgIpc) is 2.60. The van der Waals surface area contributed by atoms with Crippen LogP contribution in [0.1, 0.15) is 122 Å². The maximum absolute atomic E-state index is 13.4. The number of aliphatic hydroxyl groups is 1.